The molecule has 2 heteroatoms. The standard InChI is InChI=1S/C11H17NO/c1-3-4-5-6-10-7-12-11(8-13)9(10)2/h7-8,12H,3-6H2,1-2H3. The van der Waals surface area contributed by atoms with Crippen LogP contribution in [0.25, 0.3) is 0 Å². The maximum atomic E-state index is 10.5. The van der Waals surface area contributed by atoms with E-state index in [0.29, 0.717) is 0 Å². The molecular formula is C11H17NO. The maximum Gasteiger partial charge on any atom is 0.166 e. The highest BCUT2D eigenvalue weighted by Crippen LogP contribution is 2.14. The SMILES string of the molecule is CCCCCc1c[nH]c(C=O)c1C. The molecule has 1 heterocycles. The summed E-state index contributed by atoms with van der Waals surface area (Å²) in [5.41, 5.74) is 3.13. The molecule has 72 valence electrons. The quantitative estimate of drug-likeness (QED) is 0.547. The Morgan fingerprint density at radius 3 is 2.77 bits per heavy atom. The van der Waals surface area contributed by atoms with E-state index in [-0.39, 0.29) is 0 Å². The number of aromatic amines is 1. The number of carbonyl (C=O) groups excluding carboxylic acids is 1. The van der Waals surface area contributed by atoms with E-state index < -0.39 is 0 Å². The second kappa shape index (κ2) is 4.85. The van der Waals surface area contributed by atoms with Gasteiger partial charge < -0.3 is 4.98 Å². The molecule has 0 bridgehead atoms. The highest BCUT2D eigenvalue weighted by atomic mass is 16.1. The number of unbranched alkanes of at least 4 members (excludes halogenated alkanes) is 2. The van der Waals surface area contributed by atoms with E-state index in [1.54, 1.807) is 0 Å². The molecule has 1 aromatic rings. The summed E-state index contributed by atoms with van der Waals surface area (Å²) in [5.74, 6) is 0. The first kappa shape index (κ1) is 10.0. The minimum absolute atomic E-state index is 0.728. The Bertz CT molecular complexity index is 276. The van der Waals surface area contributed by atoms with Crippen LogP contribution in [0.15, 0.2) is 6.20 Å². The Hall–Kier alpha value is -1.05. The van der Waals surface area contributed by atoms with Gasteiger partial charge in [0.25, 0.3) is 0 Å². The second-order valence-corrected chi connectivity index (χ2v) is 3.43. The van der Waals surface area contributed by atoms with Crippen LogP contribution >= 0.6 is 0 Å². The number of aromatic nitrogens is 1. The van der Waals surface area contributed by atoms with Crippen molar-refractivity contribution >= 4 is 6.29 Å². The Morgan fingerprint density at radius 2 is 2.23 bits per heavy atom. The van der Waals surface area contributed by atoms with Crippen molar-refractivity contribution in [3.05, 3.63) is 23.0 Å². The normalized spacial score (nSPS) is 10.3. The molecule has 1 N–H and O–H groups in total. The largest absolute Gasteiger partial charge is 0.359 e. The molecule has 0 aromatic carbocycles. The Labute approximate surface area is 79.4 Å². The summed E-state index contributed by atoms with van der Waals surface area (Å²) in [7, 11) is 0. The van der Waals surface area contributed by atoms with E-state index in [0.717, 1.165) is 24.0 Å². The molecule has 0 saturated heterocycles. The second-order valence-electron chi connectivity index (χ2n) is 3.43. The average molecular weight is 179 g/mol. The van der Waals surface area contributed by atoms with E-state index in [1.165, 1.54) is 24.8 Å². The predicted octanol–water partition coefficient (Wildman–Crippen LogP) is 2.87. The van der Waals surface area contributed by atoms with Crippen molar-refractivity contribution < 1.29 is 4.79 Å². The molecule has 0 saturated carbocycles. The van der Waals surface area contributed by atoms with Crippen LogP contribution in [0.4, 0.5) is 0 Å². The van der Waals surface area contributed by atoms with Gasteiger partial charge in [0.1, 0.15) is 0 Å². The number of aldehydes is 1. The molecule has 0 atom stereocenters. The van der Waals surface area contributed by atoms with Gasteiger partial charge in [-0.25, -0.2) is 0 Å². The van der Waals surface area contributed by atoms with Crippen LogP contribution in [0.3, 0.4) is 0 Å². The molecule has 0 spiro atoms. The zero-order valence-electron chi connectivity index (χ0n) is 8.39. The van der Waals surface area contributed by atoms with Crippen molar-refractivity contribution in [1.29, 1.82) is 0 Å². The number of hydrogen-bond donors (Lipinski definition) is 1. The fourth-order valence-electron chi connectivity index (χ4n) is 1.50. The zero-order valence-corrected chi connectivity index (χ0v) is 8.39. The van der Waals surface area contributed by atoms with Gasteiger partial charge in [0.15, 0.2) is 6.29 Å². The molecule has 0 fully saturated rings. The van der Waals surface area contributed by atoms with Crippen LogP contribution in [-0.4, -0.2) is 11.3 Å². The fraction of sp³-hybridized carbons (Fsp3) is 0.545. The van der Waals surface area contributed by atoms with Gasteiger partial charge in [-0.15, -0.1) is 0 Å². The molecule has 0 unspecified atom stereocenters. The van der Waals surface area contributed by atoms with E-state index in [9.17, 15) is 4.79 Å². The van der Waals surface area contributed by atoms with Crippen LogP contribution in [-0.2, 0) is 6.42 Å². The monoisotopic (exact) mass is 179 g/mol. The van der Waals surface area contributed by atoms with Crippen molar-refractivity contribution in [1.82, 2.24) is 4.98 Å². The van der Waals surface area contributed by atoms with Gasteiger partial charge in [-0.3, -0.25) is 4.79 Å². The van der Waals surface area contributed by atoms with Crippen LogP contribution in [0.2, 0.25) is 0 Å². The van der Waals surface area contributed by atoms with Crippen LogP contribution in [0.5, 0.6) is 0 Å². The van der Waals surface area contributed by atoms with Gasteiger partial charge >= 0.3 is 0 Å². The minimum Gasteiger partial charge on any atom is -0.359 e. The average Bonchev–Trinajstić information content (AvgIpc) is 2.48. The fourth-order valence-corrected chi connectivity index (χ4v) is 1.50. The number of rotatable bonds is 5. The summed E-state index contributed by atoms with van der Waals surface area (Å²) < 4.78 is 0. The number of hydrogen-bond acceptors (Lipinski definition) is 1. The van der Waals surface area contributed by atoms with Crippen molar-refractivity contribution in [2.24, 2.45) is 0 Å². The molecule has 1 rings (SSSR count). The summed E-state index contributed by atoms with van der Waals surface area (Å²) in [6.07, 6.45) is 7.65. The number of nitrogens with one attached hydrogen (secondary N) is 1. The summed E-state index contributed by atoms with van der Waals surface area (Å²) in [6.45, 7) is 4.20. The Morgan fingerprint density at radius 1 is 1.46 bits per heavy atom. The lowest BCUT2D eigenvalue weighted by Crippen LogP contribution is -1.87. The molecule has 0 aliphatic carbocycles. The number of carbonyl (C=O) groups is 1. The predicted molar refractivity (Wildman–Crippen MR) is 54.1 cm³/mol. The van der Waals surface area contributed by atoms with Crippen molar-refractivity contribution in [2.75, 3.05) is 0 Å². The molecule has 0 aliphatic heterocycles. The first-order valence-electron chi connectivity index (χ1n) is 4.91. The van der Waals surface area contributed by atoms with Gasteiger partial charge in [-0.2, -0.15) is 0 Å². The minimum atomic E-state index is 0.728. The van der Waals surface area contributed by atoms with Gasteiger partial charge in [0.05, 0.1) is 5.69 Å². The smallest absolute Gasteiger partial charge is 0.166 e. The first-order valence-corrected chi connectivity index (χ1v) is 4.91. The highest BCUT2D eigenvalue weighted by Gasteiger charge is 2.04. The third-order valence-corrected chi connectivity index (χ3v) is 2.46. The van der Waals surface area contributed by atoms with Crippen LogP contribution < -0.4 is 0 Å². The molecule has 0 aliphatic rings. The third-order valence-electron chi connectivity index (χ3n) is 2.46. The molecular weight excluding hydrogens is 162 g/mol. The lowest BCUT2D eigenvalue weighted by atomic mass is 10.1. The van der Waals surface area contributed by atoms with Crippen molar-refractivity contribution in [3.8, 4) is 0 Å². The molecule has 0 amide bonds. The van der Waals surface area contributed by atoms with Gasteiger partial charge in [0.2, 0.25) is 0 Å². The third kappa shape index (κ3) is 2.44. The molecule has 2 nitrogen and oxygen atoms in total. The highest BCUT2D eigenvalue weighted by molar-refractivity contribution is 5.75. The summed E-state index contributed by atoms with van der Waals surface area (Å²) in [6, 6.07) is 0. The lowest BCUT2D eigenvalue weighted by Gasteiger charge is -1.98. The topological polar surface area (TPSA) is 32.9 Å². The van der Waals surface area contributed by atoms with Gasteiger partial charge in [-0.1, -0.05) is 19.8 Å². The first-order chi connectivity index (χ1) is 6.29. The van der Waals surface area contributed by atoms with Crippen molar-refractivity contribution in [2.45, 2.75) is 39.5 Å². The number of H-pyrrole nitrogens is 1. The Kier molecular flexibility index (Phi) is 3.74. The molecule has 13 heavy (non-hydrogen) atoms. The summed E-state index contributed by atoms with van der Waals surface area (Å²) in [5, 5.41) is 0. The van der Waals surface area contributed by atoms with E-state index in [1.807, 2.05) is 13.1 Å². The number of aryl methyl sites for hydroxylation is 1. The van der Waals surface area contributed by atoms with Crippen LogP contribution in [0, 0.1) is 6.92 Å². The zero-order chi connectivity index (χ0) is 9.68. The Balaban J connectivity index is 2.56. The lowest BCUT2D eigenvalue weighted by molar-refractivity contribution is 0.111. The molecule has 1 aromatic heterocycles. The summed E-state index contributed by atoms with van der Waals surface area (Å²) in [4.78, 5) is 13.5. The van der Waals surface area contributed by atoms with E-state index in [2.05, 4.69) is 11.9 Å². The summed E-state index contributed by atoms with van der Waals surface area (Å²) >= 11 is 0. The molecule has 0 radical (unpaired) electrons. The van der Waals surface area contributed by atoms with E-state index >= 15 is 0 Å². The maximum absolute atomic E-state index is 10.5. The van der Waals surface area contributed by atoms with E-state index in [4.69, 9.17) is 0 Å². The van der Waals surface area contributed by atoms with Gasteiger partial charge in [0, 0.05) is 6.20 Å². The van der Waals surface area contributed by atoms with Crippen LogP contribution in [0.1, 0.15) is 47.8 Å². The van der Waals surface area contributed by atoms with Crippen molar-refractivity contribution in [3.63, 3.8) is 0 Å². The van der Waals surface area contributed by atoms with Gasteiger partial charge in [-0.05, 0) is 30.9 Å².